The summed E-state index contributed by atoms with van der Waals surface area (Å²) >= 11 is 0. The molecule has 0 saturated carbocycles. The average Bonchev–Trinajstić information content (AvgIpc) is 2.56. The fourth-order valence-corrected chi connectivity index (χ4v) is 4.27. The minimum atomic E-state index is -3.45. The summed E-state index contributed by atoms with van der Waals surface area (Å²) in [5.41, 5.74) is 7.42. The van der Waals surface area contributed by atoms with E-state index >= 15 is 0 Å². The van der Waals surface area contributed by atoms with Crippen LogP contribution < -0.4 is 5.73 Å². The van der Waals surface area contributed by atoms with Crippen LogP contribution in [0.4, 0.5) is 5.69 Å². The van der Waals surface area contributed by atoms with Crippen molar-refractivity contribution in [2.24, 2.45) is 0 Å². The summed E-state index contributed by atoms with van der Waals surface area (Å²) in [5.74, 6) is 0. The van der Waals surface area contributed by atoms with E-state index in [4.69, 9.17) is 5.73 Å². The van der Waals surface area contributed by atoms with Gasteiger partial charge in [-0.05, 0) is 23.8 Å². The maximum absolute atomic E-state index is 12.7. The zero-order chi connectivity index (χ0) is 16.3. The quantitative estimate of drug-likeness (QED) is 0.867. The Bertz CT molecular complexity index is 754. The van der Waals surface area contributed by atoms with E-state index in [9.17, 15) is 8.42 Å². The highest BCUT2D eigenvalue weighted by atomic mass is 32.2. The molecule has 1 heterocycles. The van der Waals surface area contributed by atoms with Crippen molar-refractivity contribution in [1.82, 2.24) is 9.21 Å². The number of nitrogen functional groups attached to an aromatic ring is 1. The molecule has 122 valence electrons. The van der Waals surface area contributed by atoms with Crippen LogP contribution in [-0.2, 0) is 16.6 Å². The van der Waals surface area contributed by atoms with E-state index in [0.29, 0.717) is 18.8 Å². The molecule has 2 aromatic rings. The van der Waals surface area contributed by atoms with Gasteiger partial charge < -0.3 is 5.73 Å². The summed E-state index contributed by atoms with van der Waals surface area (Å²) in [7, 11) is -3.45. The molecular weight excluding hydrogens is 310 g/mol. The maximum atomic E-state index is 12.7. The Hall–Kier alpha value is -1.89. The first kappa shape index (κ1) is 16.0. The van der Waals surface area contributed by atoms with Crippen molar-refractivity contribution in [3.63, 3.8) is 0 Å². The Morgan fingerprint density at radius 2 is 1.61 bits per heavy atom. The van der Waals surface area contributed by atoms with Gasteiger partial charge in [0.25, 0.3) is 0 Å². The number of benzene rings is 2. The van der Waals surface area contributed by atoms with Crippen molar-refractivity contribution in [1.29, 1.82) is 0 Å². The van der Waals surface area contributed by atoms with E-state index in [1.54, 1.807) is 22.5 Å². The normalized spacial score (nSPS) is 17.2. The second-order valence-corrected chi connectivity index (χ2v) is 7.68. The number of sulfonamides is 1. The molecule has 0 atom stereocenters. The number of anilines is 1. The molecule has 2 aromatic carbocycles. The smallest absolute Gasteiger partial charge is 0.243 e. The van der Waals surface area contributed by atoms with Gasteiger partial charge >= 0.3 is 0 Å². The van der Waals surface area contributed by atoms with Crippen LogP contribution in [0.3, 0.4) is 0 Å². The van der Waals surface area contributed by atoms with Crippen LogP contribution >= 0.6 is 0 Å². The topological polar surface area (TPSA) is 66.6 Å². The van der Waals surface area contributed by atoms with Gasteiger partial charge in [-0.15, -0.1) is 0 Å². The summed E-state index contributed by atoms with van der Waals surface area (Å²) in [6, 6.07) is 16.7. The third kappa shape index (κ3) is 3.72. The van der Waals surface area contributed by atoms with Crippen LogP contribution in [0.15, 0.2) is 59.5 Å². The van der Waals surface area contributed by atoms with Gasteiger partial charge in [0, 0.05) is 38.4 Å². The molecule has 6 heteroatoms. The Kier molecular flexibility index (Phi) is 4.66. The van der Waals surface area contributed by atoms with Gasteiger partial charge in [-0.3, -0.25) is 4.90 Å². The predicted octanol–water partition coefficient (Wildman–Crippen LogP) is 1.78. The van der Waals surface area contributed by atoms with Gasteiger partial charge in [-0.2, -0.15) is 4.31 Å². The fourth-order valence-electron chi connectivity index (χ4n) is 2.79. The summed E-state index contributed by atoms with van der Waals surface area (Å²) in [6.45, 7) is 3.33. The highest BCUT2D eigenvalue weighted by Crippen LogP contribution is 2.20. The molecular formula is C17H21N3O2S. The molecule has 1 fully saturated rings. The number of rotatable bonds is 4. The van der Waals surface area contributed by atoms with Crippen LogP contribution in [0.1, 0.15) is 5.56 Å². The number of nitrogens with zero attached hydrogens (tertiary/aromatic N) is 2. The van der Waals surface area contributed by atoms with Gasteiger partial charge in [0.15, 0.2) is 0 Å². The van der Waals surface area contributed by atoms with E-state index in [2.05, 4.69) is 17.0 Å². The second-order valence-electron chi connectivity index (χ2n) is 5.74. The summed E-state index contributed by atoms with van der Waals surface area (Å²) in [6.07, 6.45) is 0. The van der Waals surface area contributed by atoms with Crippen LogP contribution in [0, 0.1) is 0 Å². The van der Waals surface area contributed by atoms with Crippen molar-refractivity contribution >= 4 is 15.7 Å². The van der Waals surface area contributed by atoms with Crippen molar-refractivity contribution < 1.29 is 8.42 Å². The summed E-state index contributed by atoms with van der Waals surface area (Å²) in [4.78, 5) is 2.55. The monoisotopic (exact) mass is 331 g/mol. The molecule has 0 radical (unpaired) electrons. The van der Waals surface area contributed by atoms with Gasteiger partial charge in [0.1, 0.15) is 0 Å². The summed E-state index contributed by atoms with van der Waals surface area (Å²) in [5, 5.41) is 0. The van der Waals surface area contributed by atoms with Gasteiger partial charge in [0.2, 0.25) is 10.0 Å². The Labute approximate surface area is 137 Å². The van der Waals surface area contributed by atoms with Crippen LogP contribution in [0.5, 0.6) is 0 Å². The SMILES string of the molecule is Nc1cccc(S(=O)(=O)N2CCN(Cc3ccccc3)CC2)c1. The largest absolute Gasteiger partial charge is 0.399 e. The molecule has 0 bridgehead atoms. The van der Waals surface area contributed by atoms with E-state index in [1.807, 2.05) is 18.2 Å². The number of hydrogen-bond donors (Lipinski definition) is 1. The first-order valence-electron chi connectivity index (χ1n) is 7.68. The zero-order valence-electron chi connectivity index (χ0n) is 12.9. The first-order chi connectivity index (χ1) is 11.1. The third-order valence-electron chi connectivity index (χ3n) is 4.08. The molecule has 0 aliphatic carbocycles. The maximum Gasteiger partial charge on any atom is 0.243 e. The van der Waals surface area contributed by atoms with Crippen molar-refractivity contribution in [3.8, 4) is 0 Å². The van der Waals surface area contributed by atoms with Crippen molar-refractivity contribution in [2.75, 3.05) is 31.9 Å². The second kappa shape index (κ2) is 6.70. The van der Waals surface area contributed by atoms with Crippen molar-refractivity contribution in [2.45, 2.75) is 11.4 Å². The molecule has 0 unspecified atom stereocenters. The van der Waals surface area contributed by atoms with Crippen LogP contribution in [0.2, 0.25) is 0 Å². The molecule has 0 amide bonds. The fraction of sp³-hybridized carbons (Fsp3) is 0.294. The van der Waals surface area contributed by atoms with E-state index in [0.717, 1.165) is 19.6 Å². The molecule has 0 aromatic heterocycles. The van der Waals surface area contributed by atoms with Crippen molar-refractivity contribution in [3.05, 3.63) is 60.2 Å². The Morgan fingerprint density at radius 3 is 2.26 bits per heavy atom. The van der Waals surface area contributed by atoms with E-state index < -0.39 is 10.0 Å². The Morgan fingerprint density at radius 1 is 0.913 bits per heavy atom. The predicted molar refractivity (Wildman–Crippen MR) is 91.3 cm³/mol. The van der Waals surface area contributed by atoms with Gasteiger partial charge in [-0.1, -0.05) is 36.4 Å². The highest BCUT2D eigenvalue weighted by molar-refractivity contribution is 7.89. The van der Waals surface area contributed by atoms with E-state index in [-0.39, 0.29) is 4.90 Å². The molecule has 5 nitrogen and oxygen atoms in total. The number of nitrogens with two attached hydrogens (primary N) is 1. The lowest BCUT2D eigenvalue weighted by atomic mass is 10.2. The average molecular weight is 331 g/mol. The lowest BCUT2D eigenvalue weighted by molar-refractivity contribution is 0.181. The lowest BCUT2D eigenvalue weighted by Gasteiger charge is -2.34. The van der Waals surface area contributed by atoms with E-state index in [1.165, 1.54) is 11.6 Å². The molecule has 23 heavy (non-hydrogen) atoms. The molecule has 3 rings (SSSR count). The first-order valence-corrected chi connectivity index (χ1v) is 9.12. The van der Waals surface area contributed by atoms with Gasteiger partial charge in [-0.25, -0.2) is 8.42 Å². The van der Waals surface area contributed by atoms with Crippen LogP contribution in [0.25, 0.3) is 0 Å². The standard InChI is InChI=1S/C17H21N3O2S/c18-16-7-4-8-17(13-16)23(21,22)20-11-9-19(10-12-20)14-15-5-2-1-3-6-15/h1-8,13H,9-12,14,18H2. The minimum absolute atomic E-state index is 0.272. The molecule has 0 spiro atoms. The molecule has 2 N–H and O–H groups in total. The molecule has 1 aliphatic heterocycles. The van der Waals surface area contributed by atoms with Crippen LogP contribution in [-0.4, -0.2) is 43.8 Å². The highest BCUT2D eigenvalue weighted by Gasteiger charge is 2.28. The van der Waals surface area contributed by atoms with Gasteiger partial charge in [0.05, 0.1) is 4.90 Å². The lowest BCUT2D eigenvalue weighted by Crippen LogP contribution is -2.48. The summed E-state index contributed by atoms with van der Waals surface area (Å²) < 4.78 is 26.9. The number of hydrogen-bond acceptors (Lipinski definition) is 4. The number of piperazine rings is 1. The molecule has 1 saturated heterocycles. The molecule has 1 aliphatic rings. The minimum Gasteiger partial charge on any atom is -0.399 e. The zero-order valence-corrected chi connectivity index (χ0v) is 13.7. The third-order valence-corrected chi connectivity index (χ3v) is 5.97. The Balaban J connectivity index is 1.64.